The smallest absolute Gasteiger partial charge is 0.154 e. The van der Waals surface area contributed by atoms with Crippen molar-refractivity contribution >= 4 is 9.84 Å². The van der Waals surface area contributed by atoms with Crippen LogP contribution in [0.25, 0.3) is 0 Å². The Morgan fingerprint density at radius 1 is 1.19 bits per heavy atom. The van der Waals surface area contributed by atoms with E-state index in [9.17, 15) is 8.42 Å². The van der Waals surface area contributed by atoms with Crippen LogP contribution in [0.5, 0.6) is 0 Å². The first-order chi connectivity index (χ1) is 9.64. The summed E-state index contributed by atoms with van der Waals surface area (Å²) in [5, 5.41) is 3.22. The third-order valence-electron chi connectivity index (χ3n) is 5.30. The zero-order valence-electron chi connectivity index (χ0n) is 14.8. The van der Waals surface area contributed by atoms with Gasteiger partial charge in [0, 0.05) is 6.04 Å². The highest BCUT2D eigenvalue weighted by Gasteiger charge is 2.42. The van der Waals surface area contributed by atoms with Gasteiger partial charge in [-0.05, 0) is 43.1 Å². The molecule has 0 aromatic heterocycles. The molecule has 126 valence electrons. The molecule has 1 fully saturated rings. The number of nitrogens with one attached hydrogen (secondary N) is 1. The molecule has 21 heavy (non-hydrogen) atoms. The maximum atomic E-state index is 12.8. The summed E-state index contributed by atoms with van der Waals surface area (Å²) in [6.07, 6.45) is 4.07. The Balaban J connectivity index is 2.97. The second-order valence-electron chi connectivity index (χ2n) is 7.78. The van der Waals surface area contributed by atoms with E-state index in [0.29, 0.717) is 11.7 Å². The highest BCUT2D eigenvalue weighted by Crippen LogP contribution is 2.42. The SMILES string of the molecule is CCNC1CCC(C(C)(C)CC)CC1S(=O)(=O)CC(C)C. The first kappa shape index (κ1) is 19.0. The minimum absolute atomic E-state index is 0.141. The van der Waals surface area contributed by atoms with E-state index < -0.39 is 9.84 Å². The molecule has 4 heteroatoms. The summed E-state index contributed by atoms with van der Waals surface area (Å²) in [5.74, 6) is 1.04. The van der Waals surface area contributed by atoms with Crippen molar-refractivity contribution in [1.82, 2.24) is 5.32 Å². The lowest BCUT2D eigenvalue weighted by Crippen LogP contribution is -2.50. The summed E-state index contributed by atoms with van der Waals surface area (Å²) >= 11 is 0. The van der Waals surface area contributed by atoms with Crippen molar-refractivity contribution < 1.29 is 8.42 Å². The fourth-order valence-corrected chi connectivity index (χ4v) is 6.04. The lowest BCUT2D eigenvalue weighted by molar-refractivity contribution is 0.139. The van der Waals surface area contributed by atoms with Crippen molar-refractivity contribution in [2.75, 3.05) is 12.3 Å². The van der Waals surface area contributed by atoms with Crippen LogP contribution in [0.4, 0.5) is 0 Å². The Bertz CT molecular complexity index is 415. The predicted molar refractivity (Wildman–Crippen MR) is 91.3 cm³/mol. The van der Waals surface area contributed by atoms with E-state index in [1.54, 1.807) is 0 Å². The fraction of sp³-hybridized carbons (Fsp3) is 1.00. The van der Waals surface area contributed by atoms with Crippen molar-refractivity contribution in [3.05, 3.63) is 0 Å². The van der Waals surface area contributed by atoms with Gasteiger partial charge in [-0.25, -0.2) is 8.42 Å². The molecule has 3 nitrogen and oxygen atoms in total. The Kier molecular flexibility index (Phi) is 6.73. The fourth-order valence-electron chi connectivity index (χ4n) is 3.61. The predicted octanol–water partition coefficient (Wildman–Crippen LogP) is 3.64. The first-order valence-electron chi connectivity index (χ1n) is 8.59. The summed E-state index contributed by atoms with van der Waals surface area (Å²) in [7, 11) is -3.02. The molecule has 0 aromatic rings. The van der Waals surface area contributed by atoms with Crippen LogP contribution >= 0.6 is 0 Å². The van der Waals surface area contributed by atoms with E-state index in [-0.39, 0.29) is 22.6 Å². The Labute approximate surface area is 132 Å². The molecule has 3 atom stereocenters. The number of hydrogen-bond donors (Lipinski definition) is 1. The molecule has 1 aliphatic carbocycles. The first-order valence-corrected chi connectivity index (χ1v) is 10.3. The quantitative estimate of drug-likeness (QED) is 0.780. The Morgan fingerprint density at radius 3 is 2.29 bits per heavy atom. The highest BCUT2D eigenvalue weighted by atomic mass is 32.2. The van der Waals surface area contributed by atoms with Gasteiger partial charge in [-0.2, -0.15) is 0 Å². The van der Waals surface area contributed by atoms with Gasteiger partial charge < -0.3 is 5.32 Å². The molecule has 3 unspecified atom stereocenters. The minimum Gasteiger partial charge on any atom is -0.313 e. The summed E-state index contributed by atoms with van der Waals surface area (Å²) in [6, 6.07) is 0.141. The lowest BCUT2D eigenvalue weighted by Gasteiger charge is -2.43. The molecule has 0 saturated heterocycles. The molecule has 0 spiro atoms. The largest absolute Gasteiger partial charge is 0.313 e. The van der Waals surface area contributed by atoms with Crippen LogP contribution in [0.15, 0.2) is 0 Å². The Hall–Kier alpha value is -0.0900. The summed E-state index contributed by atoms with van der Waals surface area (Å²) in [6.45, 7) is 13.7. The van der Waals surface area contributed by atoms with Crippen LogP contribution in [-0.4, -0.2) is 32.0 Å². The molecule has 0 aliphatic heterocycles. The molecule has 1 saturated carbocycles. The minimum atomic E-state index is -3.02. The summed E-state index contributed by atoms with van der Waals surface area (Å²) in [5.41, 5.74) is 0.239. The van der Waals surface area contributed by atoms with Crippen LogP contribution in [0.2, 0.25) is 0 Å². The van der Waals surface area contributed by atoms with Gasteiger partial charge in [0.1, 0.15) is 0 Å². The van der Waals surface area contributed by atoms with Crippen LogP contribution in [0.1, 0.15) is 67.2 Å². The van der Waals surface area contributed by atoms with Crippen molar-refractivity contribution in [3.63, 3.8) is 0 Å². The Morgan fingerprint density at radius 2 is 1.81 bits per heavy atom. The van der Waals surface area contributed by atoms with Gasteiger partial charge in [0.2, 0.25) is 0 Å². The summed E-state index contributed by atoms with van der Waals surface area (Å²) < 4.78 is 25.6. The van der Waals surface area contributed by atoms with E-state index in [2.05, 4.69) is 33.0 Å². The molecule has 0 bridgehead atoms. The van der Waals surface area contributed by atoms with Crippen molar-refractivity contribution in [3.8, 4) is 0 Å². The summed E-state index contributed by atoms with van der Waals surface area (Å²) in [4.78, 5) is 0. The van der Waals surface area contributed by atoms with Gasteiger partial charge in [0.15, 0.2) is 9.84 Å². The van der Waals surface area contributed by atoms with Gasteiger partial charge in [-0.1, -0.05) is 48.0 Å². The third-order valence-corrected chi connectivity index (χ3v) is 7.88. The van der Waals surface area contributed by atoms with Crippen LogP contribution in [0, 0.1) is 17.3 Å². The normalized spacial score (nSPS) is 28.0. The third kappa shape index (κ3) is 4.95. The number of rotatable bonds is 7. The van der Waals surface area contributed by atoms with Gasteiger partial charge in [0.05, 0.1) is 11.0 Å². The molecule has 1 N–H and O–H groups in total. The van der Waals surface area contributed by atoms with Crippen molar-refractivity contribution in [2.24, 2.45) is 17.3 Å². The average Bonchev–Trinajstić information content (AvgIpc) is 2.37. The zero-order chi connectivity index (χ0) is 16.3. The van der Waals surface area contributed by atoms with Gasteiger partial charge >= 0.3 is 0 Å². The van der Waals surface area contributed by atoms with Crippen molar-refractivity contribution in [1.29, 1.82) is 0 Å². The molecular formula is C17H35NO2S. The topological polar surface area (TPSA) is 46.2 Å². The molecular weight excluding hydrogens is 282 g/mol. The second kappa shape index (κ2) is 7.45. The van der Waals surface area contributed by atoms with Crippen LogP contribution in [0.3, 0.4) is 0 Å². The molecule has 0 heterocycles. The van der Waals surface area contributed by atoms with E-state index in [1.165, 1.54) is 0 Å². The maximum absolute atomic E-state index is 12.8. The number of sulfone groups is 1. The standard InChI is InChI=1S/C17H35NO2S/c1-7-17(5,6)14-9-10-15(18-8-2)16(11-14)21(19,20)12-13(3)4/h13-16,18H,7-12H2,1-6H3. The monoisotopic (exact) mass is 317 g/mol. The van der Waals surface area contributed by atoms with E-state index >= 15 is 0 Å². The van der Waals surface area contributed by atoms with Gasteiger partial charge in [-0.15, -0.1) is 0 Å². The van der Waals surface area contributed by atoms with Gasteiger partial charge in [-0.3, -0.25) is 0 Å². The average molecular weight is 318 g/mol. The van der Waals surface area contributed by atoms with E-state index in [0.717, 1.165) is 32.2 Å². The lowest BCUT2D eigenvalue weighted by atomic mass is 9.68. The molecule has 0 aromatic carbocycles. The van der Waals surface area contributed by atoms with Crippen LogP contribution < -0.4 is 5.32 Å². The highest BCUT2D eigenvalue weighted by molar-refractivity contribution is 7.92. The molecule has 0 amide bonds. The molecule has 1 aliphatic rings. The molecule has 1 rings (SSSR count). The van der Waals surface area contributed by atoms with E-state index in [1.807, 2.05) is 13.8 Å². The second-order valence-corrected chi connectivity index (χ2v) is 10.0. The maximum Gasteiger partial charge on any atom is 0.154 e. The number of hydrogen-bond acceptors (Lipinski definition) is 3. The van der Waals surface area contributed by atoms with E-state index in [4.69, 9.17) is 0 Å². The van der Waals surface area contributed by atoms with Crippen LogP contribution in [-0.2, 0) is 9.84 Å². The van der Waals surface area contributed by atoms with Gasteiger partial charge in [0.25, 0.3) is 0 Å². The zero-order valence-corrected chi connectivity index (χ0v) is 15.6. The van der Waals surface area contributed by atoms with Crippen molar-refractivity contribution in [2.45, 2.75) is 78.5 Å². The molecule has 0 radical (unpaired) electrons.